The molecule has 3 amide bonds. The Labute approximate surface area is 172 Å². The Morgan fingerprint density at radius 2 is 1.90 bits per heavy atom. The van der Waals surface area contributed by atoms with Gasteiger partial charge in [0.1, 0.15) is 17.5 Å². The summed E-state index contributed by atoms with van der Waals surface area (Å²) in [5, 5.41) is 4.99. The number of rotatable bonds is 5. The van der Waals surface area contributed by atoms with Gasteiger partial charge < -0.3 is 15.4 Å². The Kier molecular flexibility index (Phi) is 6.86. The average Bonchev–Trinajstić information content (AvgIpc) is 2.93. The zero-order chi connectivity index (χ0) is 21.8. The van der Waals surface area contributed by atoms with Crippen molar-refractivity contribution in [2.75, 3.05) is 10.7 Å². The van der Waals surface area contributed by atoms with Gasteiger partial charge in [0.25, 0.3) is 11.8 Å². The largest absolute Gasteiger partial charge is 0.444 e. The van der Waals surface area contributed by atoms with Crippen LogP contribution >= 0.6 is 11.6 Å². The van der Waals surface area contributed by atoms with Gasteiger partial charge in [-0.25, -0.2) is 9.18 Å². The van der Waals surface area contributed by atoms with Crippen LogP contribution in [0.15, 0.2) is 36.7 Å². The van der Waals surface area contributed by atoms with E-state index in [1.54, 1.807) is 20.8 Å². The Balaban J connectivity index is 1.99. The van der Waals surface area contributed by atoms with E-state index in [1.165, 1.54) is 42.2 Å². The Morgan fingerprint density at radius 3 is 2.52 bits per heavy atom. The first-order valence-corrected chi connectivity index (χ1v) is 9.07. The first-order chi connectivity index (χ1) is 13.4. The van der Waals surface area contributed by atoms with Gasteiger partial charge in [-0.1, -0.05) is 17.7 Å². The second kappa shape index (κ2) is 8.95. The highest BCUT2D eigenvalue weighted by Crippen LogP contribution is 2.19. The monoisotopic (exact) mass is 424 g/mol. The SMILES string of the molecule is C[C@H](NC(=O)OC(C)(C)C)C(=O)Nn1cc(Cl)c(C(=O)Nc2cccc(F)c2)c1. The summed E-state index contributed by atoms with van der Waals surface area (Å²) in [5.41, 5.74) is 2.12. The molecule has 0 bridgehead atoms. The van der Waals surface area contributed by atoms with E-state index in [0.717, 1.165) is 6.07 Å². The Bertz CT molecular complexity index is 923. The quantitative estimate of drug-likeness (QED) is 0.683. The molecule has 0 aliphatic rings. The van der Waals surface area contributed by atoms with Crippen molar-refractivity contribution in [3.05, 3.63) is 53.1 Å². The molecule has 2 rings (SSSR count). The molecule has 0 unspecified atom stereocenters. The summed E-state index contributed by atoms with van der Waals surface area (Å²) >= 11 is 6.06. The summed E-state index contributed by atoms with van der Waals surface area (Å²) in [7, 11) is 0. The number of hydrogen-bond acceptors (Lipinski definition) is 4. The minimum atomic E-state index is -0.907. The van der Waals surface area contributed by atoms with Gasteiger partial charge in [-0.15, -0.1) is 0 Å². The van der Waals surface area contributed by atoms with E-state index in [0.29, 0.717) is 0 Å². The molecule has 2 aromatic rings. The van der Waals surface area contributed by atoms with Crippen molar-refractivity contribution in [3.63, 3.8) is 0 Å². The first kappa shape index (κ1) is 22.2. The number of alkyl carbamates (subject to hydrolysis) is 1. The predicted molar refractivity (Wildman–Crippen MR) is 107 cm³/mol. The van der Waals surface area contributed by atoms with E-state index in [-0.39, 0.29) is 16.3 Å². The van der Waals surface area contributed by atoms with Crippen LogP contribution in [0.2, 0.25) is 5.02 Å². The van der Waals surface area contributed by atoms with Crippen LogP contribution in [0, 0.1) is 5.82 Å². The fraction of sp³-hybridized carbons (Fsp3) is 0.316. The predicted octanol–water partition coefficient (Wildman–Crippen LogP) is 3.52. The van der Waals surface area contributed by atoms with E-state index >= 15 is 0 Å². The van der Waals surface area contributed by atoms with E-state index in [1.807, 2.05) is 0 Å². The number of carbonyl (C=O) groups is 3. The van der Waals surface area contributed by atoms with E-state index in [4.69, 9.17) is 16.3 Å². The first-order valence-electron chi connectivity index (χ1n) is 8.69. The fourth-order valence-electron chi connectivity index (χ4n) is 2.20. The van der Waals surface area contributed by atoms with Crippen LogP contribution in [0.3, 0.4) is 0 Å². The third kappa shape index (κ3) is 6.79. The molecule has 1 aromatic heterocycles. The number of anilines is 1. The van der Waals surface area contributed by atoms with Gasteiger partial charge in [0.2, 0.25) is 0 Å². The summed E-state index contributed by atoms with van der Waals surface area (Å²) in [6.07, 6.45) is 1.88. The average molecular weight is 425 g/mol. The lowest BCUT2D eigenvalue weighted by Gasteiger charge is -2.21. The highest BCUT2D eigenvalue weighted by atomic mass is 35.5. The van der Waals surface area contributed by atoms with Crippen molar-refractivity contribution < 1.29 is 23.5 Å². The third-order valence-electron chi connectivity index (χ3n) is 3.47. The minimum Gasteiger partial charge on any atom is -0.444 e. The van der Waals surface area contributed by atoms with Crippen molar-refractivity contribution in [2.24, 2.45) is 0 Å². The molecule has 0 aliphatic heterocycles. The van der Waals surface area contributed by atoms with Gasteiger partial charge in [-0.3, -0.25) is 19.7 Å². The number of benzene rings is 1. The smallest absolute Gasteiger partial charge is 0.408 e. The topological polar surface area (TPSA) is 101 Å². The van der Waals surface area contributed by atoms with Crippen molar-refractivity contribution in [2.45, 2.75) is 39.3 Å². The molecular weight excluding hydrogens is 403 g/mol. The Morgan fingerprint density at radius 1 is 1.21 bits per heavy atom. The van der Waals surface area contributed by atoms with Crippen LogP contribution < -0.4 is 16.1 Å². The lowest BCUT2D eigenvalue weighted by atomic mass is 10.2. The van der Waals surface area contributed by atoms with Gasteiger partial charge >= 0.3 is 6.09 Å². The molecule has 0 saturated carbocycles. The van der Waals surface area contributed by atoms with Crippen LogP contribution in [0.25, 0.3) is 0 Å². The zero-order valence-electron chi connectivity index (χ0n) is 16.4. The summed E-state index contributed by atoms with van der Waals surface area (Å²) in [6, 6.07) is 4.49. The summed E-state index contributed by atoms with van der Waals surface area (Å²) in [6.45, 7) is 6.59. The number of carbonyl (C=O) groups excluding carboxylic acids is 3. The molecule has 1 aromatic carbocycles. The number of hydrogen-bond donors (Lipinski definition) is 3. The molecule has 1 atom stereocenters. The van der Waals surface area contributed by atoms with Gasteiger partial charge in [0.15, 0.2) is 0 Å². The second-order valence-electron chi connectivity index (χ2n) is 7.24. The molecule has 0 fully saturated rings. The highest BCUT2D eigenvalue weighted by molar-refractivity contribution is 6.34. The summed E-state index contributed by atoms with van der Waals surface area (Å²) in [4.78, 5) is 36.3. The molecular formula is C19H22ClFN4O4. The molecule has 1 heterocycles. The van der Waals surface area contributed by atoms with Crippen LogP contribution in [0.4, 0.5) is 14.9 Å². The molecule has 29 heavy (non-hydrogen) atoms. The van der Waals surface area contributed by atoms with E-state index in [2.05, 4.69) is 16.1 Å². The number of amides is 3. The van der Waals surface area contributed by atoms with Crippen molar-refractivity contribution in [1.29, 1.82) is 0 Å². The lowest BCUT2D eigenvalue weighted by molar-refractivity contribution is -0.118. The summed E-state index contributed by atoms with van der Waals surface area (Å²) < 4.78 is 19.5. The summed E-state index contributed by atoms with van der Waals surface area (Å²) in [5.74, 6) is -1.63. The van der Waals surface area contributed by atoms with Crippen molar-refractivity contribution in [1.82, 2.24) is 9.99 Å². The van der Waals surface area contributed by atoms with E-state index < -0.39 is 35.4 Å². The molecule has 3 N–H and O–H groups in total. The maximum absolute atomic E-state index is 13.2. The molecule has 0 saturated heterocycles. The number of nitrogens with zero attached hydrogens (tertiary/aromatic N) is 1. The molecule has 0 radical (unpaired) electrons. The third-order valence-corrected chi connectivity index (χ3v) is 3.77. The minimum absolute atomic E-state index is 0.0731. The lowest BCUT2D eigenvalue weighted by Crippen LogP contribution is -2.45. The molecule has 0 spiro atoms. The van der Waals surface area contributed by atoms with Crippen LogP contribution in [0.5, 0.6) is 0 Å². The standard InChI is InChI=1S/C19H22ClFN4O4/c1-11(22-18(28)29-19(2,3)4)16(26)24-25-9-14(15(20)10-25)17(27)23-13-7-5-6-12(21)8-13/h5-11H,1-4H3,(H,22,28)(H,23,27)(H,24,26)/t11-/m0/s1. The van der Waals surface area contributed by atoms with Crippen molar-refractivity contribution in [3.8, 4) is 0 Å². The van der Waals surface area contributed by atoms with Crippen LogP contribution in [-0.4, -0.2) is 34.2 Å². The fourth-order valence-corrected chi connectivity index (χ4v) is 2.44. The van der Waals surface area contributed by atoms with Crippen molar-refractivity contribution >= 4 is 35.2 Å². The molecule has 0 aliphatic carbocycles. The zero-order valence-corrected chi connectivity index (χ0v) is 17.1. The maximum Gasteiger partial charge on any atom is 0.408 e. The number of aromatic nitrogens is 1. The second-order valence-corrected chi connectivity index (χ2v) is 7.64. The van der Waals surface area contributed by atoms with Gasteiger partial charge in [0, 0.05) is 18.1 Å². The van der Waals surface area contributed by atoms with Gasteiger partial charge in [-0.05, 0) is 45.9 Å². The number of ether oxygens (including phenoxy) is 1. The normalized spacial score (nSPS) is 12.1. The van der Waals surface area contributed by atoms with Crippen LogP contribution in [0.1, 0.15) is 38.1 Å². The maximum atomic E-state index is 13.2. The van der Waals surface area contributed by atoms with Crippen LogP contribution in [-0.2, 0) is 9.53 Å². The highest BCUT2D eigenvalue weighted by Gasteiger charge is 2.22. The van der Waals surface area contributed by atoms with E-state index in [9.17, 15) is 18.8 Å². The Hall–Kier alpha value is -3.07. The number of nitrogens with one attached hydrogen (secondary N) is 3. The van der Waals surface area contributed by atoms with Gasteiger partial charge in [0.05, 0.1) is 10.6 Å². The molecule has 156 valence electrons. The molecule has 10 heteroatoms. The van der Waals surface area contributed by atoms with Gasteiger partial charge in [-0.2, -0.15) is 0 Å². The number of halogens is 2. The molecule has 8 nitrogen and oxygen atoms in total.